The van der Waals surface area contributed by atoms with E-state index in [0.29, 0.717) is 5.92 Å². The molecule has 0 N–H and O–H groups in total. The van der Waals surface area contributed by atoms with Crippen LogP contribution >= 0.6 is 0 Å². The van der Waals surface area contributed by atoms with E-state index in [4.69, 9.17) is 4.42 Å². The lowest BCUT2D eigenvalue weighted by Crippen LogP contribution is -1.99. The fourth-order valence-corrected chi connectivity index (χ4v) is 9.88. The maximum atomic E-state index is 6.60. The van der Waals surface area contributed by atoms with Gasteiger partial charge in [-0.3, -0.25) is 0 Å². The third kappa shape index (κ3) is 5.56. The molecule has 2 aromatic heterocycles. The Morgan fingerprint density at radius 2 is 1.05 bits per heavy atom. The number of aryl methyl sites for hydroxylation is 1. The van der Waals surface area contributed by atoms with Crippen LogP contribution in [0.3, 0.4) is 0 Å². The average Bonchev–Trinajstić information content (AvgIpc) is 3.95. The first-order chi connectivity index (χ1) is 29.2. The Morgan fingerprint density at radius 1 is 0.390 bits per heavy atom. The number of para-hydroxylation sites is 1. The van der Waals surface area contributed by atoms with E-state index in [-0.39, 0.29) is 0 Å². The zero-order valence-corrected chi connectivity index (χ0v) is 32.5. The topological polar surface area (TPSA) is 18.1 Å². The van der Waals surface area contributed by atoms with E-state index in [0.717, 1.165) is 46.0 Å². The zero-order valence-electron chi connectivity index (χ0n) is 32.5. The van der Waals surface area contributed by atoms with Gasteiger partial charge in [0, 0.05) is 33.2 Å². The minimum Gasteiger partial charge on any atom is -0.456 e. The number of rotatable bonds is 7. The Bertz CT molecular complexity index is 3390. The second-order valence-corrected chi connectivity index (χ2v) is 16.0. The van der Waals surface area contributed by atoms with E-state index in [1.165, 1.54) is 77.4 Å². The molecule has 11 aromatic rings. The molecule has 0 bridgehead atoms. The summed E-state index contributed by atoms with van der Waals surface area (Å²) in [5, 5.41) is 4.82. The van der Waals surface area contributed by atoms with Gasteiger partial charge >= 0.3 is 0 Å². The molecule has 59 heavy (non-hydrogen) atoms. The van der Waals surface area contributed by atoms with E-state index in [1.807, 2.05) is 0 Å². The first-order valence-electron chi connectivity index (χ1n) is 20.7. The van der Waals surface area contributed by atoms with Gasteiger partial charge in [0.15, 0.2) is 0 Å². The van der Waals surface area contributed by atoms with Gasteiger partial charge in [0.1, 0.15) is 11.2 Å². The molecule has 12 rings (SSSR count). The smallest absolute Gasteiger partial charge is 0.136 e. The van der Waals surface area contributed by atoms with Crippen LogP contribution in [0.25, 0.3) is 93.9 Å². The van der Waals surface area contributed by atoms with Gasteiger partial charge in [0.25, 0.3) is 0 Å². The molecule has 1 atom stereocenters. The number of nitrogens with zero attached hydrogens (tertiary/aromatic N) is 1. The monoisotopic (exact) mass is 753 g/mol. The molecule has 0 saturated carbocycles. The van der Waals surface area contributed by atoms with E-state index >= 15 is 0 Å². The molecule has 278 valence electrons. The lowest BCUT2D eigenvalue weighted by atomic mass is 9.90. The predicted octanol–water partition coefficient (Wildman–Crippen LogP) is 15.4. The summed E-state index contributed by atoms with van der Waals surface area (Å²) in [6, 6.07) is 75.4. The van der Waals surface area contributed by atoms with Crippen molar-refractivity contribution in [2.75, 3.05) is 0 Å². The summed E-state index contributed by atoms with van der Waals surface area (Å²) in [5.41, 5.74) is 19.5. The summed E-state index contributed by atoms with van der Waals surface area (Å²) in [6.45, 7) is 0. The third-order valence-electron chi connectivity index (χ3n) is 12.6. The molecular weight excluding hydrogens is 715 g/mol. The molecular formula is C57H39NO. The van der Waals surface area contributed by atoms with Gasteiger partial charge in [0.05, 0.1) is 11.0 Å². The highest BCUT2D eigenvalue weighted by Crippen LogP contribution is 2.50. The van der Waals surface area contributed by atoms with Crippen molar-refractivity contribution < 1.29 is 4.42 Å². The summed E-state index contributed by atoms with van der Waals surface area (Å²) in [4.78, 5) is 0. The van der Waals surface area contributed by atoms with Crippen molar-refractivity contribution in [3.8, 4) is 50.2 Å². The summed E-state index contributed by atoms with van der Waals surface area (Å²) >= 11 is 0. The summed E-state index contributed by atoms with van der Waals surface area (Å²) in [5.74, 6) is 0.353. The fraction of sp³-hybridized carbons (Fsp3) is 0.0526. The largest absolute Gasteiger partial charge is 0.456 e. The van der Waals surface area contributed by atoms with Crippen molar-refractivity contribution in [1.82, 2.24) is 4.57 Å². The quantitative estimate of drug-likeness (QED) is 0.158. The molecule has 0 amide bonds. The molecule has 0 fully saturated rings. The average molecular weight is 754 g/mol. The van der Waals surface area contributed by atoms with Crippen LogP contribution in [0.15, 0.2) is 211 Å². The van der Waals surface area contributed by atoms with Crippen molar-refractivity contribution >= 4 is 43.7 Å². The molecule has 0 radical (unpaired) electrons. The van der Waals surface area contributed by atoms with Crippen molar-refractivity contribution in [1.29, 1.82) is 0 Å². The second kappa shape index (κ2) is 13.6. The van der Waals surface area contributed by atoms with Crippen LogP contribution in [-0.4, -0.2) is 4.57 Å². The van der Waals surface area contributed by atoms with E-state index in [9.17, 15) is 0 Å². The van der Waals surface area contributed by atoms with E-state index in [1.54, 1.807) is 0 Å². The van der Waals surface area contributed by atoms with Gasteiger partial charge in [-0.05, 0) is 129 Å². The number of aromatic nitrogens is 1. The van der Waals surface area contributed by atoms with Crippen molar-refractivity contribution in [3.05, 3.63) is 223 Å². The van der Waals surface area contributed by atoms with Crippen molar-refractivity contribution in [3.63, 3.8) is 0 Å². The second-order valence-electron chi connectivity index (χ2n) is 16.0. The fourth-order valence-electron chi connectivity index (χ4n) is 9.88. The van der Waals surface area contributed by atoms with Crippen LogP contribution in [0.5, 0.6) is 0 Å². The SMILES string of the molecule is c1ccc(CCC2c3ccccc3-c3cc4c(cc32)c2ccccc2n4-c2ccc3oc4cccc(-c5cccc(-c6cccc(-c7ccccc7)c6)c5)c4c3c2)cc1. The van der Waals surface area contributed by atoms with Gasteiger partial charge in [-0.15, -0.1) is 0 Å². The lowest BCUT2D eigenvalue weighted by molar-refractivity contribution is 0.669. The summed E-state index contributed by atoms with van der Waals surface area (Å²) in [7, 11) is 0. The van der Waals surface area contributed by atoms with Crippen LogP contribution in [0.4, 0.5) is 0 Å². The van der Waals surface area contributed by atoms with Crippen LogP contribution in [0, 0.1) is 0 Å². The molecule has 1 unspecified atom stereocenters. The zero-order chi connectivity index (χ0) is 38.9. The Morgan fingerprint density at radius 3 is 1.90 bits per heavy atom. The minimum absolute atomic E-state index is 0.353. The first-order valence-corrected chi connectivity index (χ1v) is 20.7. The molecule has 1 aliphatic rings. The highest BCUT2D eigenvalue weighted by molar-refractivity contribution is 6.15. The van der Waals surface area contributed by atoms with Crippen LogP contribution in [0.2, 0.25) is 0 Å². The standard InChI is InChI=1S/C57H39NO/c1-3-14-37(15-4-1)28-30-47-45-22-7-8-23-46(45)50-36-54-51(35-49(47)50)48-24-9-10-26-53(48)58(54)43-29-31-55-52(34-43)57-44(25-13-27-56(57)59-55)42-21-12-20-41(33-42)40-19-11-18-39(32-40)38-16-5-2-6-17-38/h1-27,29,31-36,47H,28,30H2. The van der Waals surface area contributed by atoms with E-state index in [2.05, 4.69) is 211 Å². The van der Waals surface area contributed by atoms with E-state index < -0.39 is 0 Å². The van der Waals surface area contributed by atoms with Gasteiger partial charge in [0.2, 0.25) is 0 Å². The Kier molecular flexibility index (Phi) is 7.77. The third-order valence-corrected chi connectivity index (χ3v) is 12.6. The summed E-state index contributed by atoms with van der Waals surface area (Å²) in [6.07, 6.45) is 2.12. The molecule has 0 spiro atoms. The molecule has 0 saturated heterocycles. The molecule has 1 aliphatic carbocycles. The lowest BCUT2D eigenvalue weighted by Gasteiger charge is -2.14. The summed E-state index contributed by atoms with van der Waals surface area (Å²) < 4.78 is 9.06. The van der Waals surface area contributed by atoms with Gasteiger partial charge in [-0.2, -0.15) is 0 Å². The normalized spacial score (nSPS) is 13.4. The Labute approximate surface area is 343 Å². The molecule has 0 aliphatic heterocycles. The number of fused-ring (bicyclic) bond motifs is 9. The number of furan rings is 1. The maximum absolute atomic E-state index is 6.60. The van der Waals surface area contributed by atoms with Gasteiger partial charge in [-0.25, -0.2) is 0 Å². The highest BCUT2D eigenvalue weighted by atomic mass is 16.3. The van der Waals surface area contributed by atoms with Crippen molar-refractivity contribution in [2.45, 2.75) is 18.8 Å². The van der Waals surface area contributed by atoms with Gasteiger partial charge < -0.3 is 8.98 Å². The Balaban J connectivity index is 0.999. The predicted molar refractivity (Wildman–Crippen MR) is 246 cm³/mol. The van der Waals surface area contributed by atoms with Crippen LogP contribution in [0.1, 0.15) is 29.0 Å². The highest BCUT2D eigenvalue weighted by Gasteiger charge is 2.30. The molecule has 2 heteroatoms. The molecule has 9 aromatic carbocycles. The number of hydrogen-bond acceptors (Lipinski definition) is 1. The van der Waals surface area contributed by atoms with Gasteiger partial charge in [-0.1, -0.05) is 152 Å². The molecule has 2 heterocycles. The van der Waals surface area contributed by atoms with Crippen LogP contribution < -0.4 is 0 Å². The number of hydrogen-bond donors (Lipinski definition) is 0. The molecule has 2 nitrogen and oxygen atoms in total. The maximum Gasteiger partial charge on any atom is 0.136 e. The van der Waals surface area contributed by atoms with Crippen LogP contribution in [-0.2, 0) is 6.42 Å². The Hall–Kier alpha value is -7.42. The first kappa shape index (κ1) is 33.7. The van der Waals surface area contributed by atoms with Crippen molar-refractivity contribution in [2.24, 2.45) is 0 Å². The minimum atomic E-state index is 0.353. The number of benzene rings is 9.